The van der Waals surface area contributed by atoms with Crippen LogP contribution in [0.1, 0.15) is 106 Å². The normalized spacial score (nSPS) is 18.0. The molecule has 19 nitrogen and oxygen atoms in total. The number of nitrogens with one attached hydrogen (secondary N) is 1. The number of aromatic nitrogens is 3. The van der Waals surface area contributed by atoms with Crippen LogP contribution in [-0.2, 0) is 49.2 Å². The van der Waals surface area contributed by atoms with Gasteiger partial charge in [-0.3, -0.25) is 38.6 Å². The van der Waals surface area contributed by atoms with E-state index in [0.29, 0.717) is 63.8 Å². The van der Waals surface area contributed by atoms with Crippen LogP contribution in [0.2, 0.25) is 0 Å². The van der Waals surface area contributed by atoms with Crippen LogP contribution in [0.5, 0.6) is 17.2 Å². The van der Waals surface area contributed by atoms with Crippen LogP contribution in [0.4, 0.5) is 0 Å². The predicted molar refractivity (Wildman–Crippen MR) is 270 cm³/mol. The standard InChI is InChI=1S/C54H57N7O12S/c1-31-14-16-34(40(27-49(64)65)36-24-42-51(45(25-36)71-5)59(4)57-56-42)22-37(31)29-60-28-32(2)73-44-21-33(15-18-46(44)74(60,69)70)11-8-6-7-9-20-55-47(62)30-72-38-23-35-12-10-13-39-50(35)41(26-38)53(67)61(52(39)66)43-17-19-48(63)58(3)54(43)68/h10,12-16,18,21-26,32,40,43H,6-9,11,17,19-20,27-30H2,1-5H3,(H,55,62)(H,64,65)/t32-,40?,43?/m1/s1. The summed E-state index contributed by atoms with van der Waals surface area (Å²) in [7, 11) is 0.602. The summed E-state index contributed by atoms with van der Waals surface area (Å²) in [6, 6.07) is 21.5. The third kappa shape index (κ3) is 10.1. The van der Waals surface area contributed by atoms with Gasteiger partial charge in [-0.1, -0.05) is 54.5 Å². The zero-order valence-corrected chi connectivity index (χ0v) is 42.6. The highest BCUT2D eigenvalue weighted by Gasteiger charge is 2.45. The molecule has 3 aliphatic rings. The highest BCUT2D eigenvalue weighted by atomic mass is 32.2. The van der Waals surface area contributed by atoms with Crippen molar-refractivity contribution < 1.29 is 56.5 Å². The van der Waals surface area contributed by atoms with E-state index in [2.05, 4.69) is 15.6 Å². The van der Waals surface area contributed by atoms with E-state index in [1.54, 1.807) is 54.2 Å². The second-order valence-electron chi connectivity index (χ2n) is 19.2. The van der Waals surface area contributed by atoms with Gasteiger partial charge >= 0.3 is 5.97 Å². The Kier molecular flexibility index (Phi) is 14.5. The van der Waals surface area contributed by atoms with E-state index in [9.17, 15) is 42.3 Å². The molecule has 0 spiro atoms. The molecule has 1 aromatic heterocycles. The smallest absolute Gasteiger partial charge is 0.304 e. The van der Waals surface area contributed by atoms with Gasteiger partial charge in [-0.15, -0.1) is 5.10 Å². The largest absolute Gasteiger partial charge is 0.494 e. The molecule has 74 heavy (non-hydrogen) atoms. The van der Waals surface area contributed by atoms with Gasteiger partial charge in [0.2, 0.25) is 15.9 Å². The molecular formula is C54H57N7O12S. The van der Waals surface area contributed by atoms with Crippen molar-refractivity contribution in [1.82, 2.24) is 34.4 Å². The SMILES string of the molecule is COc1cc(C(CC(=O)O)c2ccc(C)c(CN3C[C@@H](C)Oc4cc(CCCCCCNC(=O)COc5cc6c7c(cccc7c5)C(=O)N(C5CCC(=O)N(C)C5=O)C6=O)ccc4S3(=O)=O)c2)cc2nnn(C)c12. The van der Waals surface area contributed by atoms with E-state index >= 15 is 0 Å². The molecule has 0 radical (unpaired) electrons. The van der Waals surface area contributed by atoms with Gasteiger partial charge in [0.1, 0.15) is 45.3 Å². The Hall–Kier alpha value is -7.71. The molecule has 2 unspecified atom stereocenters. The van der Waals surface area contributed by atoms with Crippen LogP contribution in [0, 0.1) is 6.92 Å². The molecular weight excluding hydrogens is 971 g/mol. The number of unbranched alkanes of at least 4 members (excludes halogenated alkanes) is 3. The highest BCUT2D eigenvalue weighted by molar-refractivity contribution is 7.89. The van der Waals surface area contributed by atoms with Crippen molar-refractivity contribution in [3.8, 4) is 17.2 Å². The van der Waals surface area contributed by atoms with Gasteiger partial charge < -0.3 is 24.6 Å². The third-order valence-corrected chi connectivity index (χ3v) is 15.9. The molecule has 1 saturated heterocycles. The number of piperidine rings is 1. The van der Waals surface area contributed by atoms with Gasteiger partial charge in [-0.25, -0.2) is 13.1 Å². The first-order valence-corrected chi connectivity index (χ1v) is 26.0. The Morgan fingerprint density at radius 3 is 2.49 bits per heavy atom. The van der Waals surface area contributed by atoms with Crippen LogP contribution in [0.3, 0.4) is 0 Å². The predicted octanol–water partition coefficient (Wildman–Crippen LogP) is 6.06. The first kappa shape index (κ1) is 51.2. The summed E-state index contributed by atoms with van der Waals surface area (Å²) in [6.45, 7) is 3.97. The van der Waals surface area contributed by atoms with Gasteiger partial charge in [0.15, 0.2) is 6.61 Å². The zero-order valence-electron chi connectivity index (χ0n) is 41.8. The minimum atomic E-state index is -4.02. The van der Waals surface area contributed by atoms with Crippen molar-refractivity contribution in [3.05, 3.63) is 118 Å². The number of carboxylic acid groups (broad SMARTS) is 1. The second kappa shape index (κ2) is 21.0. The third-order valence-electron chi connectivity index (χ3n) is 14.1. The zero-order chi connectivity index (χ0) is 52.6. The summed E-state index contributed by atoms with van der Waals surface area (Å²) in [5, 5.41) is 22.2. The molecule has 0 saturated carbocycles. The molecule has 1 fully saturated rings. The van der Waals surface area contributed by atoms with Crippen LogP contribution in [0.15, 0.2) is 83.8 Å². The fraction of sp³-hybridized carbons (Fsp3) is 0.370. The minimum absolute atomic E-state index is 0.0199. The van der Waals surface area contributed by atoms with Crippen LogP contribution < -0.4 is 19.5 Å². The van der Waals surface area contributed by atoms with Crippen molar-refractivity contribution in [2.24, 2.45) is 7.05 Å². The molecule has 20 heteroatoms. The number of benzene rings is 5. The van der Waals surface area contributed by atoms with Crippen LogP contribution >= 0.6 is 0 Å². The molecule has 0 aliphatic carbocycles. The second-order valence-corrected chi connectivity index (χ2v) is 21.1. The number of likely N-dealkylation sites (tertiary alicyclic amines) is 1. The molecule has 5 amide bonds. The lowest BCUT2D eigenvalue weighted by molar-refractivity contribution is -0.149. The van der Waals surface area contributed by atoms with Crippen molar-refractivity contribution in [1.29, 1.82) is 0 Å². The summed E-state index contributed by atoms with van der Waals surface area (Å²) in [5.74, 6) is -3.18. The number of imide groups is 2. The summed E-state index contributed by atoms with van der Waals surface area (Å²) < 4.78 is 49.5. The van der Waals surface area contributed by atoms with E-state index in [1.165, 1.54) is 24.5 Å². The minimum Gasteiger partial charge on any atom is -0.494 e. The Balaban J connectivity index is 0.771. The van der Waals surface area contributed by atoms with Gasteiger partial charge in [0.25, 0.3) is 23.6 Å². The van der Waals surface area contributed by atoms with Gasteiger partial charge in [0.05, 0.1) is 25.6 Å². The van der Waals surface area contributed by atoms with Crippen molar-refractivity contribution in [2.45, 2.75) is 94.7 Å². The number of ether oxygens (including phenoxy) is 3. The van der Waals surface area contributed by atoms with E-state index in [-0.39, 0.29) is 72.5 Å². The summed E-state index contributed by atoms with van der Waals surface area (Å²) in [4.78, 5) is 79.5. The van der Waals surface area contributed by atoms with Crippen molar-refractivity contribution >= 4 is 67.3 Å². The van der Waals surface area contributed by atoms with E-state index in [0.717, 1.165) is 45.8 Å². The van der Waals surface area contributed by atoms with Crippen LogP contribution in [-0.4, -0.2) is 124 Å². The molecule has 9 rings (SSSR count). The Bertz CT molecular complexity index is 3370. The number of hydrogen-bond acceptors (Lipinski definition) is 13. The highest BCUT2D eigenvalue weighted by Crippen LogP contribution is 2.39. The van der Waals surface area contributed by atoms with Crippen molar-refractivity contribution in [2.75, 3.05) is 33.9 Å². The molecule has 0 bridgehead atoms. The Morgan fingerprint density at radius 2 is 1.70 bits per heavy atom. The maximum atomic E-state index is 14.4. The maximum Gasteiger partial charge on any atom is 0.304 e. The monoisotopic (exact) mass is 1030 g/mol. The van der Waals surface area contributed by atoms with Gasteiger partial charge in [0, 0.05) is 50.5 Å². The molecule has 3 aliphatic heterocycles. The van der Waals surface area contributed by atoms with E-state index in [1.807, 2.05) is 44.2 Å². The number of fused-ring (bicyclic) bond motifs is 2. The lowest BCUT2D eigenvalue weighted by Gasteiger charge is -2.37. The number of aryl methyl sites for hydroxylation is 3. The lowest BCUT2D eigenvalue weighted by Crippen LogP contribution is -2.57. The Morgan fingerprint density at radius 1 is 0.919 bits per heavy atom. The average molecular weight is 1030 g/mol. The number of aliphatic carboxylic acids is 1. The fourth-order valence-corrected chi connectivity index (χ4v) is 11.8. The lowest BCUT2D eigenvalue weighted by atomic mass is 9.86. The average Bonchev–Trinajstić information content (AvgIpc) is 3.73. The molecule has 6 aromatic rings. The molecule has 5 aromatic carbocycles. The molecule has 3 atom stereocenters. The fourth-order valence-electron chi connectivity index (χ4n) is 10.2. The Labute approximate surface area is 427 Å². The number of methoxy groups -OCH3 is 1. The first-order valence-electron chi connectivity index (χ1n) is 24.6. The summed E-state index contributed by atoms with van der Waals surface area (Å²) >= 11 is 0. The number of carbonyl (C=O) groups is 6. The van der Waals surface area contributed by atoms with E-state index in [4.69, 9.17) is 14.2 Å². The molecule has 4 heterocycles. The number of likely N-dealkylation sites (N-methyl/N-ethyl adjacent to an activating group) is 1. The number of carbonyl (C=O) groups excluding carboxylic acids is 5. The number of sulfonamides is 1. The molecule has 2 N–H and O–H groups in total. The number of amides is 5. The first-order chi connectivity index (χ1) is 35.4. The van der Waals surface area contributed by atoms with Crippen LogP contribution in [0.25, 0.3) is 21.8 Å². The van der Waals surface area contributed by atoms with Gasteiger partial charge in [-0.05, 0) is 115 Å². The summed E-state index contributed by atoms with van der Waals surface area (Å²) in [5.41, 5.74) is 5.56. The van der Waals surface area contributed by atoms with Gasteiger partial charge in [-0.2, -0.15) is 4.31 Å². The van der Waals surface area contributed by atoms with Crippen molar-refractivity contribution in [3.63, 3.8) is 0 Å². The number of rotatable bonds is 18. The number of hydrogen-bond donors (Lipinski definition) is 2. The number of carboxylic acids is 1. The quantitative estimate of drug-likeness (QED) is 0.0736. The topological polar surface area (TPSA) is 237 Å². The number of nitrogens with zero attached hydrogens (tertiary/aromatic N) is 6. The van der Waals surface area contributed by atoms with E-state index < -0.39 is 51.8 Å². The summed E-state index contributed by atoms with van der Waals surface area (Å²) in [6.07, 6.45) is 3.26. The molecule has 386 valence electrons. The maximum absolute atomic E-state index is 14.4.